The summed E-state index contributed by atoms with van der Waals surface area (Å²) >= 11 is 0. The maximum Gasteiger partial charge on any atom is -0.0120 e. The van der Waals surface area contributed by atoms with E-state index in [0.717, 1.165) is 0 Å². The molecule has 17 heavy (non-hydrogen) atoms. The van der Waals surface area contributed by atoms with Crippen LogP contribution in [-0.2, 0) is 0 Å². The predicted molar refractivity (Wildman–Crippen MR) is 75.6 cm³/mol. The van der Waals surface area contributed by atoms with E-state index >= 15 is 0 Å². The normalized spacial score (nSPS) is 10.6. The van der Waals surface area contributed by atoms with E-state index in [1.54, 1.807) is 0 Å². The fourth-order valence-electron chi connectivity index (χ4n) is 2.55. The van der Waals surface area contributed by atoms with Crippen LogP contribution in [-0.4, -0.2) is 0 Å². The van der Waals surface area contributed by atoms with Crippen LogP contribution in [0.3, 0.4) is 0 Å². The van der Waals surface area contributed by atoms with Crippen molar-refractivity contribution in [1.82, 2.24) is 0 Å². The molecule has 0 nitrogen and oxygen atoms in total. The van der Waals surface area contributed by atoms with Gasteiger partial charge in [-0.25, -0.2) is 0 Å². The van der Waals surface area contributed by atoms with Gasteiger partial charge in [0.2, 0.25) is 0 Å². The van der Waals surface area contributed by atoms with Crippen molar-refractivity contribution < 1.29 is 0 Å². The van der Waals surface area contributed by atoms with Crippen LogP contribution in [0.5, 0.6) is 0 Å². The zero-order valence-corrected chi connectivity index (χ0v) is 11.4. The van der Waals surface area contributed by atoms with Gasteiger partial charge in [0.05, 0.1) is 0 Å². The van der Waals surface area contributed by atoms with Crippen LogP contribution >= 0.6 is 0 Å². The molecule has 2 aromatic rings. The van der Waals surface area contributed by atoms with Gasteiger partial charge in [-0.15, -0.1) is 0 Å². The third kappa shape index (κ3) is 2.00. The van der Waals surface area contributed by atoms with Gasteiger partial charge in [-0.05, 0) is 73.6 Å². The van der Waals surface area contributed by atoms with E-state index in [0.29, 0.717) is 0 Å². The maximum atomic E-state index is 2.30. The lowest BCUT2D eigenvalue weighted by molar-refractivity contribution is 1.23. The largest absolute Gasteiger partial charge is 0.0620 e. The molecule has 88 valence electrons. The van der Waals surface area contributed by atoms with E-state index in [9.17, 15) is 0 Å². The molecule has 0 aromatic heterocycles. The summed E-state index contributed by atoms with van der Waals surface area (Å²) in [7, 11) is 0. The smallest absolute Gasteiger partial charge is 0.0120 e. The first-order chi connectivity index (χ1) is 8.02. The molecule has 0 heterocycles. The first-order valence-corrected chi connectivity index (χ1v) is 6.15. The van der Waals surface area contributed by atoms with Crippen LogP contribution < -0.4 is 0 Å². The van der Waals surface area contributed by atoms with Crippen LogP contribution in [0.4, 0.5) is 0 Å². The standard InChI is InChI=1S/C17H20/c1-11-8-6-7-9-16(11)17-13(3)10-12(2)14(4)15(17)5/h6-10H,1-5H3. The summed E-state index contributed by atoms with van der Waals surface area (Å²) in [6.07, 6.45) is 0. The Morgan fingerprint density at radius 3 is 1.94 bits per heavy atom. The SMILES string of the molecule is Cc1ccccc1-c1c(C)cc(C)c(C)c1C. The molecule has 0 atom stereocenters. The Hall–Kier alpha value is -1.56. The predicted octanol–water partition coefficient (Wildman–Crippen LogP) is 4.90. The van der Waals surface area contributed by atoms with Crippen molar-refractivity contribution in [3.05, 3.63) is 58.1 Å². The fourth-order valence-corrected chi connectivity index (χ4v) is 2.55. The Morgan fingerprint density at radius 1 is 0.647 bits per heavy atom. The number of aryl methyl sites for hydroxylation is 3. The number of hydrogen-bond donors (Lipinski definition) is 0. The van der Waals surface area contributed by atoms with Crippen molar-refractivity contribution >= 4 is 0 Å². The zero-order valence-electron chi connectivity index (χ0n) is 11.4. The van der Waals surface area contributed by atoms with Gasteiger partial charge in [0.25, 0.3) is 0 Å². The van der Waals surface area contributed by atoms with E-state index in [4.69, 9.17) is 0 Å². The van der Waals surface area contributed by atoms with Crippen LogP contribution in [0, 0.1) is 34.6 Å². The molecule has 2 aromatic carbocycles. The summed E-state index contributed by atoms with van der Waals surface area (Å²) < 4.78 is 0. The second kappa shape index (κ2) is 4.37. The second-order valence-electron chi connectivity index (χ2n) is 4.95. The molecule has 0 saturated carbocycles. The van der Waals surface area contributed by atoms with Gasteiger partial charge in [0.15, 0.2) is 0 Å². The van der Waals surface area contributed by atoms with E-state index in [1.807, 2.05) is 0 Å². The first-order valence-electron chi connectivity index (χ1n) is 6.15. The summed E-state index contributed by atoms with van der Waals surface area (Å²) in [6, 6.07) is 10.9. The van der Waals surface area contributed by atoms with Crippen molar-refractivity contribution in [2.75, 3.05) is 0 Å². The molecule has 0 saturated heterocycles. The van der Waals surface area contributed by atoms with Crippen LogP contribution in [0.2, 0.25) is 0 Å². The van der Waals surface area contributed by atoms with Gasteiger partial charge in [0.1, 0.15) is 0 Å². The molecule has 0 unspecified atom stereocenters. The topological polar surface area (TPSA) is 0 Å². The molecule has 2 rings (SSSR count). The van der Waals surface area contributed by atoms with Crippen molar-refractivity contribution in [1.29, 1.82) is 0 Å². The Balaban J connectivity index is 2.77. The molecule has 0 aliphatic carbocycles. The highest BCUT2D eigenvalue weighted by Gasteiger charge is 2.11. The third-order valence-electron chi connectivity index (χ3n) is 3.77. The highest BCUT2D eigenvalue weighted by molar-refractivity contribution is 5.75. The van der Waals surface area contributed by atoms with Gasteiger partial charge in [0, 0.05) is 0 Å². The summed E-state index contributed by atoms with van der Waals surface area (Å²) in [5.41, 5.74) is 9.71. The highest BCUT2D eigenvalue weighted by Crippen LogP contribution is 2.32. The fraction of sp³-hybridized carbons (Fsp3) is 0.294. The summed E-state index contributed by atoms with van der Waals surface area (Å²) in [4.78, 5) is 0. The maximum absolute atomic E-state index is 2.30. The van der Waals surface area contributed by atoms with Gasteiger partial charge >= 0.3 is 0 Å². The molecule has 0 aliphatic heterocycles. The number of hydrogen-bond acceptors (Lipinski definition) is 0. The average molecular weight is 224 g/mol. The van der Waals surface area contributed by atoms with E-state index in [-0.39, 0.29) is 0 Å². The molecule has 0 N–H and O–H groups in total. The van der Waals surface area contributed by atoms with Crippen molar-refractivity contribution in [2.45, 2.75) is 34.6 Å². The summed E-state index contributed by atoms with van der Waals surface area (Å²) in [6.45, 7) is 11.0. The summed E-state index contributed by atoms with van der Waals surface area (Å²) in [5, 5.41) is 0. The van der Waals surface area contributed by atoms with Gasteiger partial charge in [-0.1, -0.05) is 30.3 Å². The lowest BCUT2D eigenvalue weighted by Gasteiger charge is -2.16. The molecular weight excluding hydrogens is 204 g/mol. The number of rotatable bonds is 1. The highest BCUT2D eigenvalue weighted by atomic mass is 14.2. The quantitative estimate of drug-likeness (QED) is 0.646. The minimum Gasteiger partial charge on any atom is -0.0620 e. The van der Waals surface area contributed by atoms with E-state index in [2.05, 4.69) is 65.0 Å². The number of benzene rings is 2. The molecule has 0 bridgehead atoms. The zero-order chi connectivity index (χ0) is 12.6. The Bertz CT molecular complexity index is 562. The Kier molecular flexibility index (Phi) is 3.06. The molecular formula is C17H20. The molecule has 0 radical (unpaired) electrons. The molecule has 0 heteroatoms. The molecule has 0 amide bonds. The van der Waals surface area contributed by atoms with Gasteiger partial charge < -0.3 is 0 Å². The minimum absolute atomic E-state index is 1.35. The first kappa shape index (κ1) is 11.9. The molecule has 0 fully saturated rings. The molecule has 0 spiro atoms. The third-order valence-corrected chi connectivity index (χ3v) is 3.77. The Morgan fingerprint density at radius 2 is 1.29 bits per heavy atom. The monoisotopic (exact) mass is 224 g/mol. The van der Waals surface area contributed by atoms with E-state index in [1.165, 1.54) is 38.9 Å². The Labute approximate surface area is 104 Å². The average Bonchev–Trinajstić information content (AvgIpc) is 2.29. The van der Waals surface area contributed by atoms with Crippen molar-refractivity contribution in [3.8, 4) is 11.1 Å². The lowest BCUT2D eigenvalue weighted by Crippen LogP contribution is -1.96. The van der Waals surface area contributed by atoms with Gasteiger partial charge in [-0.2, -0.15) is 0 Å². The minimum atomic E-state index is 1.35. The summed E-state index contributed by atoms with van der Waals surface area (Å²) in [5.74, 6) is 0. The van der Waals surface area contributed by atoms with Crippen molar-refractivity contribution in [3.63, 3.8) is 0 Å². The molecule has 0 aliphatic rings. The van der Waals surface area contributed by atoms with Crippen LogP contribution in [0.1, 0.15) is 27.8 Å². The second-order valence-corrected chi connectivity index (χ2v) is 4.95. The van der Waals surface area contributed by atoms with Gasteiger partial charge in [-0.3, -0.25) is 0 Å². The van der Waals surface area contributed by atoms with Crippen LogP contribution in [0.25, 0.3) is 11.1 Å². The lowest BCUT2D eigenvalue weighted by atomic mass is 9.88. The van der Waals surface area contributed by atoms with Crippen molar-refractivity contribution in [2.24, 2.45) is 0 Å². The van der Waals surface area contributed by atoms with E-state index < -0.39 is 0 Å². The van der Waals surface area contributed by atoms with Crippen LogP contribution in [0.15, 0.2) is 30.3 Å².